The highest BCUT2D eigenvalue weighted by atomic mass is 15.1. The van der Waals surface area contributed by atoms with Crippen LogP contribution >= 0.6 is 0 Å². The summed E-state index contributed by atoms with van der Waals surface area (Å²) in [5.41, 5.74) is 1.45. The number of rotatable bonds is 4. The molecule has 0 atom stereocenters. The van der Waals surface area contributed by atoms with Gasteiger partial charge in [0.05, 0.1) is 0 Å². The summed E-state index contributed by atoms with van der Waals surface area (Å²) in [7, 11) is 0. The zero-order chi connectivity index (χ0) is 13.1. The van der Waals surface area contributed by atoms with Gasteiger partial charge in [-0.1, -0.05) is 37.3 Å². The van der Waals surface area contributed by atoms with Gasteiger partial charge in [-0.15, -0.1) is 0 Å². The zero-order valence-corrected chi connectivity index (χ0v) is 12.0. The Hall–Kier alpha value is -0.860. The number of nitrogens with one attached hydrogen (secondary N) is 1. The first-order valence-corrected chi connectivity index (χ1v) is 7.82. The Labute approximate surface area is 117 Å². The van der Waals surface area contributed by atoms with Crippen molar-refractivity contribution in [1.82, 2.24) is 10.2 Å². The third kappa shape index (κ3) is 3.58. The molecule has 2 heteroatoms. The van der Waals surface area contributed by atoms with Gasteiger partial charge in [0.25, 0.3) is 0 Å². The first-order chi connectivity index (χ1) is 9.29. The van der Waals surface area contributed by atoms with Gasteiger partial charge in [-0.3, -0.25) is 4.90 Å². The van der Waals surface area contributed by atoms with Crippen LogP contribution in [0, 0.1) is 5.92 Å². The molecule has 0 amide bonds. The average Bonchev–Trinajstić information content (AvgIpc) is 2.40. The minimum atomic E-state index is 0.768. The number of hydrogen-bond acceptors (Lipinski definition) is 2. The fourth-order valence-electron chi connectivity index (χ4n) is 3.47. The summed E-state index contributed by atoms with van der Waals surface area (Å²) < 4.78 is 0. The van der Waals surface area contributed by atoms with Crippen molar-refractivity contribution in [2.24, 2.45) is 5.92 Å². The summed E-state index contributed by atoms with van der Waals surface area (Å²) in [4.78, 5) is 2.59. The summed E-state index contributed by atoms with van der Waals surface area (Å²) in [6.07, 6.45) is 5.42. The molecule has 1 N–H and O–H groups in total. The van der Waals surface area contributed by atoms with Gasteiger partial charge >= 0.3 is 0 Å². The van der Waals surface area contributed by atoms with Crippen LogP contribution in [0.25, 0.3) is 0 Å². The van der Waals surface area contributed by atoms with Gasteiger partial charge in [0.1, 0.15) is 0 Å². The second-order valence-corrected chi connectivity index (χ2v) is 6.48. The lowest BCUT2D eigenvalue weighted by molar-refractivity contribution is 0.155. The molecule has 1 aromatic carbocycles. The number of hydrogen-bond donors (Lipinski definition) is 1. The molecule has 0 radical (unpaired) electrons. The maximum absolute atomic E-state index is 3.84. The Morgan fingerprint density at radius 1 is 1.05 bits per heavy atom. The van der Waals surface area contributed by atoms with E-state index in [0.717, 1.165) is 24.5 Å². The lowest BCUT2D eigenvalue weighted by atomic mass is 9.81. The summed E-state index contributed by atoms with van der Waals surface area (Å²) >= 11 is 0. The summed E-state index contributed by atoms with van der Waals surface area (Å²) in [5, 5.41) is 3.84. The van der Waals surface area contributed by atoms with Crippen LogP contribution in [0.5, 0.6) is 0 Å². The Balaban J connectivity index is 1.40. The Morgan fingerprint density at radius 2 is 1.74 bits per heavy atom. The van der Waals surface area contributed by atoms with Gasteiger partial charge in [0, 0.05) is 18.6 Å². The van der Waals surface area contributed by atoms with E-state index < -0.39 is 0 Å². The SMILES string of the molecule is CC1CC(NC2CCN(Cc3ccccc3)CC2)C1. The molecule has 0 unspecified atom stereocenters. The summed E-state index contributed by atoms with van der Waals surface area (Å²) in [5.74, 6) is 0.954. The van der Waals surface area contributed by atoms with Gasteiger partial charge in [0.15, 0.2) is 0 Å². The molecule has 0 bridgehead atoms. The van der Waals surface area contributed by atoms with E-state index in [1.807, 2.05) is 0 Å². The highest BCUT2D eigenvalue weighted by Gasteiger charge is 2.28. The van der Waals surface area contributed by atoms with Crippen molar-refractivity contribution in [2.45, 2.75) is 51.2 Å². The molecule has 19 heavy (non-hydrogen) atoms. The van der Waals surface area contributed by atoms with Crippen LogP contribution in [0.3, 0.4) is 0 Å². The monoisotopic (exact) mass is 258 g/mol. The van der Waals surface area contributed by atoms with Crippen LogP contribution in [0.4, 0.5) is 0 Å². The third-order valence-electron chi connectivity index (χ3n) is 4.68. The predicted octanol–water partition coefficient (Wildman–Crippen LogP) is 3.04. The van der Waals surface area contributed by atoms with Crippen molar-refractivity contribution in [2.75, 3.05) is 13.1 Å². The average molecular weight is 258 g/mol. The normalized spacial score (nSPS) is 29.1. The van der Waals surface area contributed by atoms with E-state index in [-0.39, 0.29) is 0 Å². The van der Waals surface area contributed by atoms with Gasteiger partial charge in [-0.2, -0.15) is 0 Å². The van der Waals surface area contributed by atoms with E-state index in [1.54, 1.807) is 0 Å². The molecule has 3 rings (SSSR count). The van der Waals surface area contributed by atoms with Crippen molar-refractivity contribution in [3.8, 4) is 0 Å². The molecule has 1 aliphatic heterocycles. The molecule has 2 fully saturated rings. The van der Waals surface area contributed by atoms with Crippen molar-refractivity contribution < 1.29 is 0 Å². The molecular formula is C17H26N2. The van der Waals surface area contributed by atoms with E-state index in [2.05, 4.69) is 47.5 Å². The number of nitrogens with zero attached hydrogens (tertiary/aromatic N) is 1. The van der Waals surface area contributed by atoms with E-state index in [1.165, 1.54) is 44.3 Å². The fraction of sp³-hybridized carbons (Fsp3) is 0.647. The van der Waals surface area contributed by atoms with E-state index >= 15 is 0 Å². The zero-order valence-electron chi connectivity index (χ0n) is 12.0. The number of likely N-dealkylation sites (tertiary alicyclic amines) is 1. The predicted molar refractivity (Wildman–Crippen MR) is 80.1 cm³/mol. The largest absolute Gasteiger partial charge is 0.311 e. The summed E-state index contributed by atoms with van der Waals surface area (Å²) in [6, 6.07) is 12.4. The van der Waals surface area contributed by atoms with Crippen LogP contribution in [0.15, 0.2) is 30.3 Å². The maximum atomic E-state index is 3.84. The van der Waals surface area contributed by atoms with Crippen LogP contribution in [0.1, 0.15) is 38.2 Å². The molecule has 2 nitrogen and oxygen atoms in total. The second kappa shape index (κ2) is 6.06. The maximum Gasteiger partial charge on any atom is 0.0233 e. The summed E-state index contributed by atoms with van der Waals surface area (Å²) in [6.45, 7) is 5.97. The molecule has 1 saturated heterocycles. The minimum Gasteiger partial charge on any atom is -0.311 e. The third-order valence-corrected chi connectivity index (χ3v) is 4.68. The lowest BCUT2D eigenvalue weighted by Gasteiger charge is -2.39. The number of piperidine rings is 1. The van der Waals surface area contributed by atoms with Crippen LogP contribution in [-0.2, 0) is 6.54 Å². The lowest BCUT2D eigenvalue weighted by Crippen LogP contribution is -2.49. The number of benzene rings is 1. The standard InChI is InChI=1S/C17H26N2/c1-14-11-17(12-14)18-16-7-9-19(10-8-16)13-15-5-3-2-4-6-15/h2-6,14,16-18H,7-13H2,1H3. The van der Waals surface area contributed by atoms with Gasteiger partial charge in [-0.25, -0.2) is 0 Å². The van der Waals surface area contributed by atoms with Crippen molar-refractivity contribution in [1.29, 1.82) is 0 Å². The molecule has 2 aliphatic rings. The van der Waals surface area contributed by atoms with Gasteiger partial charge in [0.2, 0.25) is 0 Å². The van der Waals surface area contributed by atoms with Crippen molar-refractivity contribution in [3.63, 3.8) is 0 Å². The Morgan fingerprint density at radius 3 is 2.37 bits per heavy atom. The molecule has 104 valence electrons. The first kappa shape index (κ1) is 13.1. The molecular weight excluding hydrogens is 232 g/mol. The molecule has 1 saturated carbocycles. The first-order valence-electron chi connectivity index (χ1n) is 7.82. The Kier molecular flexibility index (Phi) is 4.19. The topological polar surface area (TPSA) is 15.3 Å². The minimum absolute atomic E-state index is 0.768. The van der Waals surface area contributed by atoms with Crippen molar-refractivity contribution in [3.05, 3.63) is 35.9 Å². The quantitative estimate of drug-likeness (QED) is 0.893. The van der Waals surface area contributed by atoms with Gasteiger partial charge < -0.3 is 5.32 Å². The molecule has 1 aromatic rings. The van der Waals surface area contributed by atoms with Gasteiger partial charge in [-0.05, 0) is 50.3 Å². The van der Waals surface area contributed by atoms with E-state index in [4.69, 9.17) is 0 Å². The molecule has 1 aliphatic carbocycles. The van der Waals surface area contributed by atoms with Crippen LogP contribution in [-0.4, -0.2) is 30.1 Å². The van der Waals surface area contributed by atoms with E-state index in [0.29, 0.717) is 0 Å². The van der Waals surface area contributed by atoms with E-state index in [9.17, 15) is 0 Å². The van der Waals surface area contributed by atoms with Crippen LogP contribution < -0.4 is 5.32 Å². The smallest absolute Gasteiger partial charge is 0.0233 e. The van der Waals surface area contributed by atoms with Crippen molar-refractivity contribution >= 4 is 0 Å². The second-order valence-electron chi connectivity index (χ2n) is 6.48. The molecule has 0 spiro atoms. The fourth-order valence-corrected chi connectivity index (χ4v) is 3.47. The molecule has 1 heterocycles. The highest BCUT2D eigenvalue weighted by molar-refractivity contribution is 5.14. The molecule has 0 aromatic heterocycles. The highest BCUT2D eigenvalue weighted by Crippen LogP contribution is 2.27. The van der Waals surface area contributed by atoms with Crippen LogP contribution in [0.2, 0.25) is 0 Å². The Bertz CT molecular complexity index is 376.